The molecule has 1 spiro atoms. The Bertz CT molecular complexity index is 297. The summed E-state index contributed by atoms with van der Waals surface area (Å²) in [6.07, 6.45) is 8.89. The molecule has 0 unspecified atom stereocenters. The number of rotatable bonds is 4. The minimum absolute atomic E-state index is 0.569. The zero-order valence-corrected chi connectivity index (χ0v) is 15.4. The first-order valence-corrected chi connectivity index (χ1v) is 9.70. The molecule has 130 valence electrons. The smallest absolute Gasteiger partial charge is 0.0582 e. The van der Waals surface area contributed by atoms with Gasteiger partial charge in [-0.25, -0.2) is 0 Å². The SMILES string of the molecule is CC.CCN1CCC(CN2CCC3(CC2)CC(OC)C3)CC1. The van der Waals surface area contributed by atoms with Crippen LogP contribution in [-0.2, 0) is 4.74 Å². The van der Waals surface area contributed by atoms with E-state index < -0.39 is 0 Å². The summed E-state index contributed by atoms with van der Waals surface area (Å²) in [5, 5.41) is 0. The fraction of sp³-hybridized carbons (Fsp3) is 1.00. The van der Waals surface area contributed by atoms with Crippen molar-refractivity contribution in [2.45, 2.75) is 65.4 Å². The monoisotopic (exact) mass is 310 g/mol. The van der Waals surface area contributed by atoms with Gasteiger partial charge in [-0.05, 0) is 82.6 Å². The fourth-order valence-electron chi connectivity index (χ4n) is 4.54. The van der Waals surface area contributed by atoms with E-state index in [1.165, 1.54) is 77.8 Å². The summed E-state index contributed by atoms with van der Waals surface area (Å²) in [5.41, 5.74) is 0.669. The van der Waals surface area contributed by atoms with Gasteiger partial charge in [-0.1, -0.05) is 20.8 Å². The Balaban J connectivity index is 0.000000847. The van der Waals surface area contributed by atoms with Crippen molar-refractivity contribution in [3.8, 4) is 0 Å². The normalized spacial score (nSPS) is 27.3. The van der Waals surface area contributed by atoms with Crippen molar-refractivity contribution < 1.29 is 4.74 Å². The maximum absolute atomic E-state index is 5.46. The molecule has 0 aromatic heterocycles. The van der Waals surface area contributed by atoms with Crippen LogP contribution in [0.2, 0.25) is 0 Å². The Morgan fingerprint density at radius 1 is 0.955 bits per heavy atom. The van der Waals surface area contributed by atoms with E-state index in [1.54, 1.807) is 0 Å². The molecular weight excluding hydrogens is 272 g/mol. The summed E-state index contributed by atoms with van der Waals surface area (Å²) in [6.45, 7) is 14.2. The first-order chi connectivity index (χ1) is 10.7. The molecule has 0 radical (unpaired) electrons. The third kappa shape index (κ3) is 4.46. The summed E-state index contributed by atoms with van der Waals surface area (Å²) in [5.74, 6) is 0.958. The molecule has 2 aliphatic heterocycles. The van der Waals surface area contributed by atoms with Crippen molar-refractivity contribution in [3.63, 3.8) is 0 Å². The lowest BCUT2D eigenvalue weighted by atomic mass is 9.61. The number of hydrogen-bond donors (Lipinski definition) is 0. The van der Waals surface area contributed by atoms with Gasteiger partial charge in [0.25, 0.3) is 0 Å². The van der Waals surface area contributed by atoms with E-state index in [9.17, 15) is 0 Å². The second-order valence-electron chi connectivity index (χ2n) is 7.44. The van der Waals surface area contributed by atoms with E-state index in [2.05, 4.69) is 16.7 Å². The highest BCUT2D eigenvalue weighted by Crippen LogP contribution is 2.50. The highest BCUT2D eigenvalue weighted by molar-refractivity contribution is 4.98. The van der Waals surface area contributed by atoms with E-state index >= 15 is 0 Å². The van der Waals surface area contributed by atoms with Gasteiger partial charge in [0.1, 0.15) is 0 Å². The van der Waals surface area contributed by atoms with Crippen LogP contribution in [0.4, 0.5) is 0 Å². The van der Waals surface area contributed by atoms with Gasteiger partial charge in [-0.3, -0.25) is 0 Å². The van der Waals surface area contributed by atoms with E-state index in [-0.39, 0.29) is 0 Å². The van der Waals surface area contributed by atoms with Crippen LogP contribution in [0, 0.1) is 11.3 Å². The lowest BCUT2D eigenvalue weighted by Gasteiger charge is -2.52. The van der Waals surface area contributed by atoms with Crippen LogP contribution >= 0.6 is 0 Å². The molecule has 0 N–H and O–H groups in total. The van der Waals surface area contributed by atoms with Crippen LogP contribution in [0.25, 0.3) is 0 Å². The highest BCUT2D eigenvalue weighted by atomic mass is 16.5. The third-order valence-electron chi connectivity index (χ3n) is 6.24. The van der Waals surface area contributed by atoms with Crippen LogP contribution in [0.15, 0.2) is 0 Å². The van der Waals surface area contributed by atoms with E-state index in [4.69, 9.17) is 4.74 Å². The van der Waals surface area contributed by atoms with Gasteiger partial charge < -0.3 is 14.5 Å². The molecule has 3 heteroatoms. The molecule has 3 aliphatic rings. The number of hydrogen-bond acceptors (Lipinski definition) is 3. The summed E-state index contributed by atoms with van der Waals surface area (Å²) >= 11 is 0. The zero-order chi connectivity index (χ0) is 16.0. The molecule has 2 saturated heterocycles. The van der Waals surface area contributed by atoms with Gasteiger partial charge in [-0.2, -0.15) is 0 Å². The molecular formula is C19H38N2O. The minimum Gasteiger partial charge on any atom is -0.381 e. The Morgan fingerprint density at radius 3 is 2.05 bits per heavy atom. The average Bonchev–Trinajstić information content (AvgIpc) is 2.56. The Morgan fingerprint density at radius 2 is 1.55 bits per heavy atom. The lowest BCUT2D eigenvalue weighted by molar-refractivity contribution is -0.0892. The Hall–Kier alpha value is -0.120. The van der Waals surface area contributed by atoms with Crippen LogP contribution in [-0.4, -0.2) is 62.3 Å². The second kappa shape index (κ2) is 8.65. The number of methoxy groups -OCH3 is 1. The predicted molar refractivity (Wildman–Crippen MR) is 94.3 cm³/mol. The van der Waals surface area contributed by atoms with Gasteiger partial charge in [0.2, 0.25) is 0 Å². The van der Waals surface area contributed by atoms with Crippen LogP contribution in [0.1, 0.15) is 59.3 Å². The summed E-state index contributed by atoms with van der Waals surface area (Å²) in [4.78, 5) is 5.35. The maximum Gasteiger partial charge on any atom is 0.0582 e. The molecule has 22 heavy (non-hydrogen) atoms. The third-order valence-corrected chi connectivity index (χ3v) is 6.24. The topological polar surface area (TPSA) is 15.7 Å². The molecule has 1 aliphatic carbocycles. The van der Waals surface area contributed by atoms with Crippen molar-refractivity contribution in [2.24, 2.45) is 11.3 Å². The van der Waals surface area contributed by atoms with E-state index in [0.717, 1.165) is 5.92 Å². The second-order valence-corrected chi connectivity index (χ2v) is 7.44. The molecule has 0 aromatic rings. The van der Waals surface area contributed by atoms with Gasteiger partial charge >= 0.3 is 0 Å². The zero-order valence-electron chi connectivity index (χ0n) is 15.4. The lowest BCUT2D eigenvalue weighted by Crippen LogP contribution is -2.50. The molecule has 0 aromatic carbocycles. The summed E-state index contributed by atoms with van der Waals surface area (Å²) < 4.78 is 5.46. The molecule has 0 atom stereocenters. The van der Waals surface area contributed by atoms with Gasteiger partial charge in [0.05, 0.1) is 6.10 Å². The highest BCUT2D eigenvalue weighted by Gasteiger charge is 2.45. The van der Waals surface area contributed by atoms with Crippen molar-refractivity contribution in [3.05, 3.63) is 0 Å². The summed E-state index contributed by atoms with van der Waals surface area (Å²) in [7, 11) is 1.87. The predicted octanol–water partition coefficient (Wildman–Crippen LogP) is 3.64. The molecule has 3 nitrogen and oxygen atoms in total. The van der Waals surface area contributed by atoms with Crippen molar-refractivity contribution in [2.75, 3.05) is 46.4 Å². The molecule has 0 amide bonds. The molecule has 3 rings (SSSR count). The molecule has 2 heterocycles. The maximum atomic E-state index is 5.46. The number of likely N-dealkylation sites (tertiary alicyclic amines) is 2. The van der Waals surface area contributed by atoms with Crippen LogP contribution in [0.3, 0.4) is 0 Å². The first-order valence-electron chi connectivity index (χ1n) is 9.70. The molecule has 3 fully saturated rings. The number of nitrogens with zero attached hydrogens (tertiary/aromatic N) is 2. The van der Waals surface area contributed by atoms with Crippen molar-refractivity contribution in [1.29, 1.82) is 0 Å². The average molecular weight is 311 g/mol. The Kier molecular flexibility index (Phi) is 7.17. The van der Waals surface area contributed by atoms with Crippen LogP contribution in [0.5, 0.6) is 0 Å². The van der Waals surface area contributed by atoms with E-state index in [0.29, 0.717) is 11.5 Å². The quantitative estimate of drug-likeness (QED) is 0.788. The van der Waals surface area contributed by atoms with Gasteiger partial charge in [0.15, 0.2) is 0 Å². The standard InChI is InChI=1S/C17H32N2O.C2H6/c1-3-18-8-4-15(5-9-18)14-19-10-6-17(7-11-19)12-16(13-17)20-2;1-2/h15-16H,3-14H2,1-2H3;1-2H3. The largest absolute Gasteiger partial charge is 0.381 e. The fourth-order valence-corrected chi connectivity index (χ4v) is 4.54. The minimum atomic E-state index is 0.569. The number of ether oxygens (including phenoxy) is 1. The molecule has 0 bridgehead atoms. The Labute approximate surface area is 138 Å². The number of piperidine rings is 2. The van der Waals surface area contributed by atoms with Crippen molar-refractivity contribution in [1.82, 2.24) is 9.80 Å². The van der Waals surface area contributed by atoms with Crippen molar-refractivity contribution >= 4 is 0 Å². The van der Waals surface area contributed by atoms with Gasteiger partial charge in [-0.15, -0.1) is 0 Å². The first kappa shape index (κ1) is 18.2. The summed E-state index contributed by atoms with van der Waals surface area (Å²) in [6, 6.07) is 0. The molecule has 1 saturated carbocycles. The van der Waals surface area contributed by atoms with Gasteiger partial charge in [0, 0.05) is 13.7 Å². The van der Waals surface area contributed by atoms with E-state index in [1.807, 2.05) is 21.0 Å². The van der Waals surface area contributed by atoms with Crippen LogP contribution < -0.4 is 0 Å².